The Balaban J connectivity index is 1.96. The molecule has 1 aromatic heterocycles. The summed E-state index contributed by atoms with van der Waals surface area (Å²) in [5.41, 5.74) is 2.95. The number of carbonyl (C=O) groups excluding carboxylic acids is 1. The molecule has 5 nitrogen and oxygen atoms in total. The lowest BCUT2D eigenvalue weighted by atomic mass is 10.0. The van der Waals surface area contributed by atoms with Gasteiger partial charge in [0, 0.05) is 5.56 Å². The maximum atomic E-state index is 13.5. The van der Waals surface area contributed by atoms with Crippen LogP contribution in [-0.4, -0.2) is 15.7 Å². The SMILES string of the molecule is Cc1ccc(-c2c(NC(=O)c3ccccc3)n(-c3ccc(F)cc3)nc(C)c2=O)cc1. The number of aryl methyl sites for hydroxylation is 2. The zero-order valence-corrected chi connectivity index (χ0v) is 17.1. The number of amides is 1. The first-order valence-electron chi connectivity index (χ1n) is 9.77. The number of rotatable bonds is 4. The van der Waals surface area contributed by atoms with E-state index in [2.05, 4.69) is 10.4 Å². The summed E-state index contributed by atoms with van der Waals surface area (Å²) in [6.45, 7) is 3.57. The predicted octanol–water partition coefficient (Wildman–Crippen LogP) is 4.91. The van der Waals surface area contributed by atoms with E-state index in [1.807, 2.05) is 37.3 Å². The lowest BCUT2D eigenvalue weighted by Crippen LogP contribution is -2.25. The highest BCUT2D eigenvalue weighted by atomic mass is 19.1. The third-order valence-corrected chi connectivity index (χ3v) is 4.93. The molecule has 0 aliphatic carbocycles. The molecule has 154 valence electrons. The number of hydrogen-bond donors (Lipinski definition) is 1. The maximum absolute atomic E-state index is 13.5. The summed E-state index contributed by atoms with van der Waals surface area (Å²) in [6.07, 6.45) is 0. The van der Waals surface area contributed by atoms with E-state index in [1.54, 1.807) is 43.3 Å². The molecule has 0 saturated heterocycles. The topological polar surface area (TPSA) is 64.0 Å². The highest BCUT2D eigenvalue weighted by Gasteiger charge is 2.21. The quantitative estimate of drug-likeness (QED) is 0.517. The summed E-state index contributed by atoms with van der Waals surface area (Å²) in [4.78, 5) is 26.1. The third-order valence-electron chi connectivity index (χ3n) is 4.93. The summed E-state index contributed by atoms with van der Waals surface area (Å²) in [5.74, 6) is -0.551. The number of anilines is 1. The molecule has 0 fully saturated rings. The summed E-state index contributed by atoms with van der Waals surface area (Å²) >= 11 is 0. The number of nitrogens with zero attached hydrogens (tertiary/aromatic N) is 2. The molecule has 4 aromatic rings. The lowest BCUT2D eigenvalue weighted by molar-refractivity contribution is 0.102. The van der Waals surface area contributed by atoms with Crippen molar-refractivity contribution in [3.63, 3.8) is 0 Å². The second-order valence-electron chi connectivity index (χ2n) is 7.21. The average molecular weight is 413 g/mol. The first-order chi connectivity index (χ1) is 14.9. The van der Waals surface area contributed by atoms with Crippen LogP contribution in [0.4, 0.5) is 10.2 Å². The van der Waals surface area contributed by atoms with Crippen molar-refractivity contribution in [2.75, 3.05) is 5.32 Å². The maximum Gasteiger partial charge on any atom is 0.256 e. The molecule has 0 bridgehead atoms. The van der Waals surface area contributed by atoms with Gasteiger partial charge < -0.3 is 5.32 Å². The van der Waals surface area contributed by atoms with Gasteiger partial charge in [-0.2, -0.15) is 5.10 Å². The van der Waals surface area contributed by atoms with E-state index in [-0.39, 0.29) is 22.8 Å². The van der Waals surface area contributed by atoms with Crippen LogP contribution in [0.2, 0.25) is 0 Å². The van der Waals surface area contributed by atoms with E-state index in [0.29, 0.717) is 22.4 Å². The minimum absolute atomic E-state index is 0.222. The van der Waals surface area contributed by atoms with Crippen molar-refractivity contribution in [3.05, 3.63) is 112 Å². The lowest BCUT2D eigenvalue weighted by Gasteiger charge is -2.18. The van der Waals surface area contributed by atoms with Crippen molar-refractivity contribution >= 4 is 11.7 Å². The van der Waals surface area contributed by atoms with E-state index in [0.717, 1.165) is 5.56 Å². The molecule has 0 radical (unpaired) electrons. The van der Waals surface area contributed by atoms with E-state index >= 15 is 0 Å². The van der Waals surface area contributed by atoms with E-state index in [4.69, 9.17) is 0 Å². The largest absolute Gasteiger partial charge is 0.306 e. The number of nitrogens with one attached hydrogen (secondary N) is 1. The van der Waals surface area contributed by atoms with Gasteiger partial charge in [0.2, 0.25) is 5.43 Å². The Kier molecular flexibility index (Phi) is 5.45. The molecule has 3 aromatic carbocycles. The molecular weight excluding hydrogens is 393 g/mol. The van der Waals surface area contributed by atoms with Crippen LogP contribution in [0.15, 0.2) is 83.7 Å². The van der Waals surface area contributed by atoms with Crippen LogP contribution in [0.3, 0.4) is 0 Å². The number of hydrogen-bond acceptors (Lipinski definition) is 3. The summed E-state index contributed by atoms with van der Waals surface area (Å²) in [6, 6.07) is 21.9. The minimum Gasteiger partial charge on any atom is -0.306 e. The van der Waals surface area contributed by atoms with Crippen LogP contribution in [0.1, 0.15) is 21.6 Å². The van der Waals surface area contributed by atoms with Crippen LogP contribution in [0.5, 0.6) is 0 Å². The molecule has 6 heteroatoms. The van der Waals surface area contributed by atoms with E-state index in [9.17, 15) is 14.0 Å². The molecule has 1 amide bonds. The molecule has 1 N–H and O–H groups in total. The van der Waals surface area contributed by atoms with E-state index < -0.39 is 5.82 Å². The fourth-order valence-electron chi connectivity index (χ4n) is 3.28. The Morgan fingerprint density at radius 2 is 1.55 bits per heavy atom. The highest BCUT2D eigenvalue weighted by molar-refractivity contribution is 6.05. The molecule has 1 heterocycles. The monoisotopic (exact) mass is 413 g/mol. The Morgan fingerprint density at radius 1 is 0.903 bits per heavy atom. The van der Waals surface area contributed by atoms with Gasteiger partial charge in [-0.25, -0.2) is 9.07 Å². The van der Waals surface area contributed by atoms with Gasteiger partial charge in [-0.15, -0.1) is 0 Å². The first-order valence-corrected chi connectivity index (χ1v) is 9.77. The fourth-order valence-corrected chi connectivity index (χ4v) is 3.28. The smallest absolute Gasteiger partial charge is 0.256 e. The van der Waals surface area contributed by atoms with Crippen LogP contribution in [-0.2, 0) is 0 Å². The van der Waals surface area contributed by atoms with Gasteiger partial charge in [-0.3, -0.25) is 9.59 Å². The van der Waals surface area contributed by atoms with Crippen molar-refractivity contribution < 1.29 is 9.18 Å². The standard InChI is InChI=1S/C25H20FN3O2/c1-16-8-10-18(11-9-16)22-23(30)17(2)28-29(21-14-12-20(26)13-15-21)24(22)27-25(31)19-6-4-3-5-7-19/h3-15H,1-2H3,(H,27,31). The Hall–Kier alpha value is -4.06. The molecular formula is C25H20FN3O2. The molecule has 0 unspecified atom stereocenters. The second kappa shape index (κ2) is 8.36. The normalized spacial score (nSPS) is 10.7. The minimum atomic E-state index is -0.393. The predicted molar refractivity (Wildman–Crippen MR) is 119 cm³/mol. The van der Waals surface area contributed by atoms with Gasteiger partial charge in [-0.1, -0.05) is 48.0 Å². The molecule has 31 heavy (non-hydrogen) atoms. The van der Waals surface area contributed by atoms with Gasteiger partial charge in [-0.05, 0) is 55.8 Å². The average Bonchev–Trinajstić information content (AvgIpc) is 2.78. The Morgan fingerprint density at radius 3 is 2.19 bits per heavy atom. The number of halogens is 1. The Bertz CT molecular complexity index is 1300. The number of aromatic nitrogens is 2. The van der Waals surface area contributed by atoms with Crippen molar-refractivity contribution in [1.29, 1.82) is 0 Å². The van der Waals surface area contributed by atoms with Crippen LogP contribution < -0.4 is 10.7 Å². The highest BCUT2D eigenvalue weighted by Crippen LogP contribution is 2.28. The number of benzene rings is 3. The Labute approximate surface area is 178 Å². The summed E-state index contributed by atoms with van der Waals surface area (Å²) in [5, 5.41) is 7.25. The first kappa shape index (κ1) is 20.2. The van der Waals surface area contributed by atoms with E-state index in [1.165, 1.54) is 16.8 Å². The van der Waals surface area contributed by atoms with Gasteiger partial charge in [0.25, 0.3) is 5.91 Å². The summed E-state index contributed by atoms with van der Waals surface area (Å²) in [7, 11) is 0. The van der Waals surface area contributed by atoms with Crippen LogP contribution >= 0.6 is 0 Å². The van der Waals surface area contributed by atoms with Gasteiger partial charge in [0.1, 0.15) is 17.3 Å². The molecule has 4 rings (SSSR count). The van der Waals surface area contributed by atoms with Gasteiger partial charge in [0.05, 0.1) is 11.3 Å². The zero-order chi connectivity index (χ0) is 22.0. The van der Waals surface area contributed by atoms with Crippen molar-refractivity contribution in [3.8, 4) is 16.8 Å². The summed E-state index contributed by atoms with van der Waals surface area (Å²) < 4.78 is 15.0. The van der Waals surface area contributed by atoms with Crippen molar-refractivity contribution in [1.82, 2.24) is 9.78 Å². The van der Waals surface area contributed by atoms with Crippen LogP contribution in [0.25, 0.3) is 16.8 Å². The van der Waals surface area contributed by atoms with Crippen molar-refractivity contribution in [2.24, 2.45) is 0 Å². The van der Waals surface area contributed by atoms with Crippen molar-refractivity contribution in [2.45, 2.75) is 13.8 Å². The molecule has 0 aliphatic heterocycles. The third kappa shape index (κ3) is 4.14. The van der Waals surface area contributed by atoms with Gasteiger partial charge in [0.15, 0.2) is 0 Å². The molecule has 0 saturated carbocycles. The molecule has 0 atom stereocenters. The molecule has 0 aliphatic rings. The number of carbonyl (C=O) groups is 1. The second-order valence-corrected chi connectivity index (χ2v) is 7.21. The van der Waals surface area contributed by atoms with Crippen LogP contribution in [0, 0.1) is 19.7 Å². The fraction of sp³-hybridized carbons (Fsp3) is 0.0800. The zero-order valence-electron chi connectivity index (χ0n) is 17.1. The van der Waals surface area contributed by atoms with Gasteiger partial charge >= 0.3 is 0 Å². The molecule has 0 spiro atoms.